The molecule has 0 aliphatic heterocycles. The van der Waals surface area contributed by atoms with Gasteiger partial charge < -0.3 is 9.30 Å². The molecule has 3 rings (SSSR count). The molecule has 1 heterocycles. The van der Waals surface area contributed by atoms with Gasteiger partial charge in [-0.25, -0.2) is 17.8 Å². The van der Waals surface area contributed by atoms with E-state index in [-0.39, 0.29) is 28.5 Å². The topological polar surface area (TPSA) is 90.3 Å². The van der Waals surface area contributed by atoms with E-state index in [4.69, 9.17) is 4.74 Å². The number of sulfonamides is 1. The van der Waals surface area contributed by atoms with Crippen molar-refractivity contribution in [1.29, 1.82) is 0 Å². The number of hydrogen-bond donors (Lipinski definition) is 1. The lowest BCUT2D eigenvalue weighted by atomic mass is 10.1. The second-order valence-corrected chi connectivity index (χ2v) is 8.73. The largest absolute Gasteiger partial charge is 0.454 e. The Morgan fingerprint density at radius 3 is 2.62 bits per heavy atom. The maximum atomic E-state index is 15.0. The molecule has 0 aliphatic carbocycles. The van der Waals surface area contributed by atoms with Crippen LogP contribution in [0.15, 0.2) is 35.4 Å². The SMILES string of the molecule is CCCS(=O)(=O)Nc1cc(C)cc(Oc2ccc3ncn(C)c(=O)c3c2C)c1F. The molecule has 0 fully saturated rings. The van der Waals surface area contributed by atoms with Crippen LogP contribution in [0.4, 0.5) is 10.1 Å². The number of nitrogens with one attached hydrogen (secondary N) is 1. The summed E-state index contributed by atoms with van der Waals surface area (Å²) in [6.07, 6.45) is 1.84. The maximum absolute atomic E-state index is 15.0. The van der Waals surface area contributed by atoms with E-state index in [1.54, 1.807) is 40.0 Å². The predicted molar refractivity (Wildman–Crippen MR) is 111 cm³/mol. The molecule has 29 heavy (non-hydrogen) atoms. The van der Waals surface area contributed by atoms with Crippen LogP contribution in [0.3, 0.4) is 0 Å². The minimum Gasteiger partial charge on any atom is -0.454 e. The quantitative estimate of drug-likeness (QED) is 0.659. The van der Waals surface area contributed by atoms with E-state index < -0.39 is 15.8 Å². The lowest BCUT2D eigenvalue weighted by Gasteiger charge is -2.15. The number of nitrogens with zero attached hydrogens (tertiary/aromatic N) is 2. The molecule has 1 aromatic heterocycles. The summed E-state index contributed by atoms with van der Waals surface area (Å²) in [5, 5.41) is 0.379. The third-order valence-electron chi connectivity index (χ3n) is 4.44. The Balaban J connectivity index is 2.06. The third-order valence-corrected chi connectivity index (χ3v) is 5.92. The van der Waals surface area contributed by atoms with Gasteiger partial charge in [-0.2, -0.15) is 0 Å². The number of benzene rings is 2. The number of halogens is 1. The Kier molecular flexibility index (Phi) is 5.61. The number of aryl methyl sites for hydroxylation is 3. The van der Waals surface area contributed by atoms with Crippen LogP contribution in [-0.2, 0) is 17.1 Å². The molecule has 0 spiro atoms. The molecule has 0 aliphatic rings. The molecule has 0 atom stereocenters. The van der Waals surface area contributed by atoms with Gasteiger partial charge in [0.25, 0.3) is 5.56 Å². The van der Waals surface area contributed by atoms with Crippen molar-refractivity contribution in [1.82, 2.24) is 9.55 Å². The fourth-order valence-corrected chi connectivity index (χ4v) is 4.16. The molecule has 0 bridgehead atoms. The fraction of sp³-hybridized carbons (Fsp3) is 0.300. The van der Waals surface area contributed by atoms with E-state index in [1.165, 1.54) is 23.0 Å². The van der Waals surface area contributed by atoms with Crippen LogP contribution in [0.5, 0.6) is 11.5 Å². The first-order chi connectivity index (χ1) is 13.6. The molecule has 0 saturated heterocycles. The Morgan fingerprint density at radius 2 is 1.93 bits per heavy atom. The number of hydrogen-bond acceptors (Lipinski definition) is 5. The molecule has 0 amide bonds. The smallest absolute Gasteiger partial charge is 0.261 e. The van der Waals surface area contributed by atoms with Gasteiger partial charge in [-0.1, -0.05) is 6.92 Å². The summed E-state index contributed by atoms with van der Waals surface area (Å²) in [4.78, 5) is 16.7. The Hall–Kier alpha value is -2.94. The van der Waals surface area contributed by atoms with Gasteiger partial charge in [0.15, 0.2) is 11.6 Å². The van der Waals surface area contributed by atoms with E-state index >= 15 is 0 Å². The van der Waals surface area contributed by atoms with E-state index in [0.717, 1.165) is 0 Å². The zero-order valence-corrected chi connectivity index (χ0v) is 17.4. The molecule has 1 N–H and O–H groups in total. The summed E-state index contributed by atoms with van der Waals surface area (Å²) in [7, 11) is -2.06. The second-order valence-electron chi connectivity index (χ2n) is 6.89. The summed E-state index contributed by atoms with van der Waals surface area (Å²) in [6.45, 7) is 5.12. The minimum atomic E-state index is -3.66. The van der Waals surface area contributed by atoms with Gasteiger partial charge >= 0.3 is 0 Å². The fourth-order valence-electron chi connectivity index (χ4n) is 3.03. The van der Waals surface area contributed by atoms with Crippen molar-refractivity contribution < 1.29 is 17.5 Å². The highest BCUT2D eigenvalue weighted by molar-refractivity contribution is 7.92. The van der Waals surface area contributed by atoms with Crippen LogP contribution in [0, 0.1) is 19.7 Å². The Labute approximate surface area is 168 Å². The summed E-state index contributed by atoms with van der Waals surface area (Å²) >= 11 is 0. The summed E-state index contributed by atoms with van der Waals surface area (Å²) in [5.41, 5.74) is 1.23. The highest BCUT2D eigenvalue weighted by Gasteiger charge is 2.18. The summed E-state index contributed by atoms with van der Waals surface area (Å²) in [5.74, 6) is -0.790. The first-order valence-corrected chi connectivity index (χ1v) is 10.7. The molecular formula is C20H22FN3O4S. The van der Waals surface area contributed by atoms with Gasteiger partial charge in [0, 0.05) is 12.6 Å². The number of rotatable bonds is 6. The van der Waals surface area contributed by atoms with Crippen LogP contribution in [0.25, 0.3) is 10.9 Å². The Bertz CT molecular complexity index is 1250. The monoisotopic (exact) mass is 419 g/mol. The van der Waals surface area contributed by atoms with E-state index in [0.29, 0.717) is 28.5 Å². The van der Waals surface area contributed by atoms with Crippen molar-refractivity contribution in [3.05, 3.63) is 57.9 Å². The molecule has 154 valence electrons. The highest BCUT2D eigenvalue weighted by Crippen LogP contribution is 2.34. The normalized spacial score (nSPS) is 11.6. The van der Waals surface area contributed by atoms with Gasteiger partial charge in [0.2, 0.25) is 10.0 Å². The molecule has 0 unspecified atom stereocenters. The van der Waals surface area contributed by atoms with Crippen LogP contribution < -0.4 is 15.0 Å². The zero-order valence-electron chi connectivity index (χ0n) is 16.6. The van der Waals surface area contributed by atoms with Crippen LogP contribution >= 0.6 is 0 Å². The average Bonchev–Trinajstić information content (AvgIpc) is 2.63. The summed E-state index contributed by atoms with van der Waals surface area (Å²) < 4.78 is 48.4. The van der Waals surface area contributed by atoms with Gasteiger partial charge in [-0.3, -0.25) is 9.52 Å². The zero-order chi connectivity index (χ0) is 21.3. The van der Waals surface area contributed by atoms with Crippen LogP contribution in [0.2, 0.25) is 0 Å². The van der Waals surface area contributed by atoms with E-state index in [9.17, 15) is 17.6 Å². The predicted octanol–water partition coefficient (Wildman–Crippen LogP) is 3.63. The van der Waals surface area contributed by atoms with Gasteiger partial charge in [0.05, 0.1) is 28.7 Å². The second kappa shape index (κ2) is 7.82. The molecule has 9 heteroatoms. The molecule has 7 nitrogen and oxygen atoms in total. The van der Waals surface area contributed by atoms with Crippen molar-refractivity contribution in [2.24, 2.45) is 7.05 Å². The first-order valence-electron chi connectivity index (χ1n) is 9.06. The van der Waals surface area contributed by atoms with Crippen molar-refractivity contribution in [3.8, 4) is 11.5 Å². The minimum absolute atomic E-state index is 0.114. The number of fused-ring (bicyclic) bond motifs is 1. The van der Waals surface area contributed by atoms with Gasteiger partial charge in [-0.15, -0.1) is 0 Å². The highest BCUT2D eigenvalue weighted by atomic mass is 32.2. The standard InChI is InChI=1S/C20H22FN3O4S/c1-5-8-29(26,27)23-15-9-12(2)10-17(19(15)21)28-16-7-6-14-18(13(16)3)20(25)24(4)11-22-14/h6-7,9-11,23H,5,8H2,1-4H3. The van der Waals surface area contributed by atoms with Gasteiger partial charge in [0.1, 0.15) is 5.75 Å². The molecular weight excluding hydrogens is 397 g/mol. The van der Waals surface area contributed by atoms with Crippen molar-refractivity contribution in [3.63, 3.8) is 0 Å². The number of anilines is 1. The van der Waals surface area contributed by atoms with Crippen molar-refractivity contribution in [2.75, 3.05) is 10.5 Å². The number of ether oxygens (including phenoxy) is 1. The first kappa shape index (κ1) is 20.8. The van der Waals surface area contributed by atoms with Crippen LogP contribution in [0.1, 0.15) is 24.5 Å². The van der Waals surface area contributed by atoms with E-state index in [2.05, 4.69) is 9.71 Å². The molecule has 0 radical (unpaired) electrons. The molecule has 2 aromatic carbocycles. The average molecular weight is 419 g/mol. The summed E-state index contributed by atoms with van der Waals surface area (Å²) in [6, 6.07) is 6.10. The Morgan fingerprint density at radius 1 is 1.21 bits per heavy atom. The van der Waals surface area contributed by atoms with Crippen molar-refractivity contribution in [2.45, 2.75) is 27.2 Å². The van der Waals surface area contributed by atoms with Gasteiger partial charge in [-0.05, 0) is 50.1 Å². The maximum Gasteiger partial charge on any atom is 0.261 e. The molecule has 3 aromatic rings. The van der Waals surface area contributed by atoms with Crippen molar-refractivity contribution >= 4 is 26.6 Å². The third kappa shape index (κ3) is 4.24. The van der Waals surface area contributed by atoms with E-state index in [1.807, 2.05) is 0 Å². The number of aromatic nitrogens is 2. The van der Waals surface area contributed by atoms with Crippen LogP contribution in [-0.4, -0.2) is 23.7 Å². The lowest BCUT2D eigenvalue weighted by Crippen LogP contribution is -2.18. The molecule has 0 saturated carbocycles. The lowest BCUT2D eigenvalue weighted by molar-refractivity contribution is 0.441.